The van der Waals surface area contributed by atoms with E-state index in [9.17, 15) is 4.79 Å². The second kappa shape index (κ2) is 7.71. The van der Waals surface area contributed by atoms with Crippen LogP contribution in [0.1, 0.15) is 23.6 Å². The quantitative estimate of drug-likeness (QED) is 0.804. The van der Waals surface area contributed by atoms with Gasteiger partial charge < -0.3 is 10.1 Å². The maximum atomic E-state index is 12.2. The van der Waals surface area contributed by atoms with E-state index in [4.69, 9.17) is 27.9 Å². The molecule has 0 aromatic heterocycles. The van der Waals surface area contributed by atoms with Gasteiger partial charge in [0, 0.05) is 10.7 Å². The zero-order chi connectivity index (χ0) is 17.0. The molecule has 0 aliphatic carbocycles. The molecule has 23 heavy (non-hydrogen) atoms. The number of halogens is 2. The smallest absolute Gasteiger partial charge is 0.262 e. The molecule has 0 saturated carbocycles. The molecular weight excluding hydrogens is 333 g/mol. The Hall–Kier alpha value is -1.71. The maximum absolute atomic E-state index is 12.2. The van der Waals surface area contributed by atoms with Crippen LogP contribution in [0.4, 0.5) is 5.69 Å². The highest BCUT2D eigenvalue weighted by Gasteiger charge is 2.12. The van der Waals surface area contributed by atoms with Gasteiger partial charge in [0.25, 0.3) is 5.91 Å². The SMILES string of the molecule is CCc1cccc(C)c1NC(=O)COc1c(C)cc(Cl)cc1Cl. The molecule has 0 aliphatic heterocycles. The zero-order valence-corrected chi connectivity index (χ0v) is 14.9. The predicted octanol–water partition coefficient (Wildman–Crippen LogP) is 5.19. The van der Waals surface area contributed by atoms with Gasteiger partial charge in [0.15, 0.2) is 6.61 Å². The minimum Gasteiger partial charge on any atom is -0.482 e. The zero-order valence-electron chi connectivity index (χ0n) is 13.4. The maximum Gasteiger partial charge on any atom is 0.262 e. The molecule has 0 radical (unpaired) electrons. The Bertz CT molecular complexity index is 706. The first kappa shape index (κ1) is 17.6. The largest absolute Gasteiger partial charge is 0.482 e. The molecule has 122 valence electrons. The molecule has 0 fully saturated rings. The predicted molar refractivity (Wildman–Crippen MR) is 95.9 cm³/mol. The number of ether oxygens (including phenoxy) is 1. The molecule has 3 nitrogen and oxygen atoms in total. The van der Waals surface area contributed by atoms with Crippen LogP contribution in [0.25, 0.3) is 0 Å². The third-order valence-corrected chi connectivity index (χ3v) is 4.05. The van der Waals surface area contributed by atoms with Crippen LogP contribution in [0.2, 0.25) is 10.0 Å². The van der Waals surface area contributed by atoms with Gasteiger partial charge in [-0.2, -0.15) is 0 Å². The fraction of sp³-hybridized carbons (Fsp3) is 0.278. The van der Waals surface area contributed by atoms with Gasteiger partial charge in [-0.3, -0.25) is 4.79 Å². The van der Waals surface area contributed by atoms with E-state index in [1.165, 1.54) is 0 Å². The van der Waals surface area contributed by atoms with Crippen molar-refractivity contribution in [1.82, 2.24) is 0 Å². The van der Waals surface area contributed by atoms with Crippen molar-refractivity contribution >= 4 is 34.8 Å². The number of hydrogen-bond donors (Lipinski definition) is 1. The standard InChI is InChI=1S/C18H19Cl2NO2/c1-4-13-7-5-6-11(2)17(13)21-16(22)10-23-18-12(3)8-14(19)9-15(18)20/h5-9H,4,10H2,1-3H3,(H,21,22). The van der Waals surface area contributed by atoms with E-state index < -0.39 is 0 Å². The molecule has 0 spiro atoms. The van der Waals surface area contributed by atoms with Crippen molar-refractivity contribution in [2.45, 2.75) is 27.2 Å². The van der Waals surface area contributed by atoms with Gasteiger partial charge >= 0.3 is 0 Å². The van der Waals surface area contributed by atoms with Gasteiger partial charge in [0.2, 0.25) is 0 Å². The third kappa shape index (κ3) is 4.40. The highest BCUT2D eigenvalue weighted by Crippen LogP contribution is 2.31. The number of carbonyl (C=O) groups excluding carboxylic acids is 1. The van der Waals surface area contributed by atoms with E-state index in [0.29, 0.717) is 15.8 Å². The average molecular weight is 352 g/mol. The lowest BCUT2D eigenvalue weighted by atomic mass is 10.1. The first-order chi connectivity index (χ1) is 10.9. The number of nitrogens with one attached hydrogen (secondary N) is 1. The first-order valence-corrected chi connectivity index (χ1v) is 8.14. The molecule has 0 heterocycles. The van der Waals surface area contributed by atoms with Crippen LogP contribution in [-0.4, -0.2) is 12.5 Å². The minimum atomic E-state index is -0.223. The van der Waals surface area contributed by atoms with E-state index in [1.807, 2.05) is 32.0 Å². The second-order valence-electron chi connectivity index (χ2n) is 5.33. The fourth-order valence-corrected chi connectivity index (χ4v) is 3.04. The van der Waals surface area contributed by atoms with Crippen LogP contribution in [-0.2, 0) is 11.2 Å². The molecule has 0 bridgehead atoms. The molecule has 0 unspecified atom stereocenters. The summed E-state index contributed by atoms with van der Waals surface area (Å²) in [4.78, 5) is 12.2. The summed E-state index contributed by atoms with van der Waals surface area (Å²) in [5, 5.41) is 3.85. The lowest BCUT2D eigenvalue weighted by molar-refractivity contribution is -0.118. The highest BCUT2D eigenvalue weighted by atomic mass is 35.5. The number of para-hydroxylation sites is 1. The Morgan fingerprint density at radius 2 is 1.91 bits per heavy atom. The number of rotatable bonds is 5. The molecule has 2 rings (SSSR count). The molecule has 1 N–H and O–H groups in total. The Labute approximate surface area is 146 Å². The van der Waals surface area contributed by atoms with Crippen molar-refractivity contribution in [3.8, 4) is 5.75 Å². The fourth-order valence-electron chi connectivity index (χ4n) is 2.39. The van der Waals surface area contributed by atoms with Gasteiger partial charge in [-0.15, -0.1) is 0 Å². The van der Waals surface area contributed by atoms with Crippen molar-refractivity contribution in [2.75, 3.05) is 11.9 Å². The van der Waals surface area contributed by atoms with Crippen LogP contribution in [0.3, 0.4) is 0 Å². The molecule has 2 aromatic carbocycles. The van der Waals surface area contributed by atoms with Gasteiger partial charge in [0.1, 0.15) is 5.75 Å². The van der Waals surface area contributed by atoms with E-state index >= 15 is 0 Å². The topological polar surface area (TPSA) is 38.3 Å². The molecule has 5 heteroatoms. The van der Waals surface area contributed by atoms with Crippen LogP contribution >= 0.6 is 23.2 Å². The first-order valence-electron chi connectivity index (χ1n) is 7.39. The van der Waals surface area contributed by atoms with E-state index in [2.05, 4.69) is 12.2 Å². The van der Waals surface area contributed by atoms with Crippen molar-refractivity contribution in [2.24, 2.45) is 0 Å². The average Bonchev–Trinajstić information content (AvgIpc) is 2.48. The van der Waals surface area contributed by atoms with Gasteiger partial charge in [-0.05, 0) is 49.1 Å². The van der Waals surface area contributed by atoms with Gasteiger partial charge in [-0.1, -0.05) is 48.3 Å². The van der Waals surface area contributed by atoms with Crippen molar-refractivity contribution in [3.05, 3.63) is 57.1 Å². The van der Waals surface area contributed by atoms with Crippen LogP contribution in [0.5, 0.6) is 5.75 Å². The summed E-state index contributed by atoms with van der Waals surface area (Å²) < 4.78 is 5.57. The van der Waals surface area contributed by atoms with E-state index in [0.717, 1.165) is 28.8 Å². The molecule has 0 aliphatic rings. The van der Waals surface area contributed by atoms with Crippen LogP contribution in [0, 0.1) is 13.8 Å². The molecular formula is C18H19Cl2NO2. The summed E-state index contributed by atoms with van der Waals surface area (Å²) in [6.45, 7) is 5.74. The lowest BCUT2D eigenvalue weighted by Crippen LogP contribution is -2.21. The molecule has 2 aromatic rings. The minimum absolute atomic E-state index is 0.111. The lowest BCUT2D eigenvalue weighted by Gasteiger charge is -2.14. The number of anilines is 1. The van der Waals surface area contributed by atoms with Crippen LogP contribution < -0.4 is 10.1 Å². The van der Waals surface area contributed by atoms with Crippen LogP contribution in [0.15, 0.2) is 30.3 Å². The summed E-state index contributed by atoms with van der Waals surface area (Å²) >= 11 is 12.0. The number of hydrogen-bond acceptors (Lipinski definition) is 2. The number of aryl methyl sites for hydroxylation is 3. The molecule has 0 saturated heterocycles. The van der Waals surface area contributed by atoms with Crippen molar-refractivity contribution in [1.29, 1.82) is 0 Å². The van der Waals surface area contributed by atoms with E-state index in [-0.39, 0.29) is 12.5 Å². The Morgan fingerprint density at radius 1 is 1.17 bits per heavy atom. The monoisotopic (exact) mass is 351 g/mol. The van der Waals surface area contributed by atoms with E-state index in [1.54, 1.807) is 12.1 Å². The highest BCUT2D eigenvalue weighted by molar-refractivity contribution is 6.35. The van der Waals surface area contributed by atoms with Crippen molar-refractivity contribution in [3.63, 3.8) is 0 Å². The number of carbonyl (C=O) groups is 1. The summed E-state index contributed by atoms with van der Waals surface area (Å²) in [7, 11) is 0. The normalized spacial score (nSPS) is 10.5. The number of amides is 1. The second-order valence-corrected chi connectivity index (χ2v) is 6.18. The molecule has 1 amide bonds. The Morgan fingerprint density at radius 3 is 2.57 bits per heavy atom. The summed E-state index contributed by atoms with van der Waals surface area (Å²) in [6, 6.07) is 9.30. The summed E-state index contributed by atoms with van der Waals surface area (Å²) in [5.41, 5.74) is 3.76. The summed E-state index contributed by atoms with van der Waals surface area (Å²) in [6.07, 6.45) is 0.847. The summed E-state index contributed by atoms with van der Waals surface area (Å²) in [5.74, 6) is 0.256. The Balaban J connectivity index is 2.07. The third-order valence-electron chi connectivity index (χ3n) is 3.55. The van der Waals surface area contributed by atoms with Gasteiger partial charge in [0.05, 0.1) is 5.02 Å². The van der Waals surface area contributed by atoms with Gasteiger partial charge in [-0.25, -0.2) is 0 Å². The van der Waals surface area contributed by atoms with Crippen molar-refractivity contribution < 1.29 is 9.53 Å². The molecule has 0 atom stereocenters. The Kier molecular flexibility index (Phi) is 5.91. The number of benzene rings is 2.